The summed E-state index contributed by atoms with van der Waals surface area (Å²) in [6.07, 6.45) is 1.07. The number of hydrogen-bond donors (Lipinski definition) is 0. The maximum Gasteiger partial charge on any atom is 0.246 e. The highest BCUT2D eigenvalue weighted by molar-refractivity contribution is 9.10. The topological polar surface area (TPSA) is 58.8 Å². The number of ether oxygens (including phenoxy) is 1. The quantitative estimate of drug-likeness (QED) is 0.746. The fourth-order valence-electron chi connectivity index (χ4n) is 2.60. The molecule has 0 aromatic carbocycles. The summed E-state index contributed by atoms with van der Waals surface area (Å²) in [5, 5.41) is 4.08. The Balaban J connectivity index is 2.21. The van der Waals surface area contributed by atoms with Gasteiger partial charge in [0.05, 0.1) is 18.8 Å². The molecule has 7 heteroatoms. The van der Waals surface area contributed by atoms with E-state index in [2.05, 4.69) is 46.8 Å². The van der Waals surface area contributed by atoms with Gasteiger partial charge in [0.2, 0.25) is 5.91 Å². The Morgan fingerprint density at radius 3 is 2.70 bits per heavy atom. The smallest absolute Gasteiger partial charge is 0.246 e. The average Bonchev–Trinajstić information content (AvgIpc) is 2.99. The zero-order chi connectivity index (χ0) is 17.4. The van der Waals surface area contributed by atoms with Crippen molar-refractivity contribution in [2.75, 3.05) is 11.6 Å². The van der Waals surface area contributed by atoms with Gasteiger partial charge in [-0.2, -0.15) is 0 Å². The number of aromatic nitrogens is 1. The van der Waals surface area contributed by atoms with Crippen molar-refractivity contribution in [2.45, 2.75) is 72.3 Å². The summed E-state index contributed by atoms with van der Waals surface area (Å²) in [7, 11) is 0. The highest BCUT2D eigenvalue weighted by atomic mass is 79.9. The number of carbonyl (C=O) groups excluding carboxylic acids is 1. The molecule has 0 radical (unpaired) electrons. The lowest BCUT2D eigenvalue weighted by molar-refractivity contribution is -0.120. The maximum absolute atomic E-state index is 12.7. The van der Waals surface area contributed by atoms with E-state index < -0.39 is 0 Å². The van der Waals surface area contributed by atoms with Gasteiger partial charge in [-0.05, 0) is 57.0 Å². The number of rotatable bonds is 6. The van der Waals surface area contributed by atoms with Gasteiger partial charge in [0.1, 0.15) is 11.1 Å². The van der Waals surface area contributed by atoms with Crippen LogP contribution in [-0.4, -0.2) is 40.3 Å². The first-order valence-electron chi connectivity index (χ1n) is 8.02. The second kappa shape index (κ2) is 6.91. The molecule has 2 heterocycles. The first kappa shape index (κ1) is 18.4. The Morgan fingerprint density at radius 1 is 1.48 bits per heavy atom. The normalized spacial score (nSPS) is 20.1. The molecule has 0 saturated carbocycles. The van der Waals surface area contributed by atoms with Crippen LogP contribution in [0, 0.1) is 0 Å². The fourth-order valence-corrected chi connectivity index (χ4v) is 3.07. The summed E-state index contributed by atoms with van der Waals surface area (Å²) in [4.78, 5) is 16.5. The molecule has 0 N–H and O–H groups in total. The van der Waals surface area contributed by atoms with E-state index >= 15 is 0 Å². The number of anilines is 1. The van der Waals surface area contributed by atoms with Gasteiger partial charge in [-0.3, -0.25) is 14.6 Å². The Labute approximate surface area is 146 Å². The lowest BCUT2D eigenvalue weighted by atomic mass is 9.98. The Kier molecular flexibility index (Phi) is 5.53. The molecule has 0 spiro atoms. The standard InChI is InChI=1S/C16H26BrN3O3/c1-7-16(5,6)20-9-19(15(21)11(20)4)14-13(17)12(23-18-14)8-22-10(2)3/h10-11H,7-9H2,1-6H3. The fraction of sp³-hybridized carbons (Fsp3) is 0.750. The largest absolute Gasteiger partial charge is 0.371 e. The molecule has 1 aromatic rings. The predicted octanol–water partition coefficient (Wildman–Crippen LogP) is 3.55. The van der Waals surface area contributed by atoms with E-state index in [0.29, 0.717) is 29.3 Å². The van der Waals surface area contributed by atoms with E-state index in [9.17, 15) is 4.79 Å². The molecule has 130 valence electrons. The number of halogens is 1. The summed E-state index contributed by atoms with van der Waals surface area (Å²) < 4.78 is 11.6. The molecule has 1 atom stereocenters. The molecule has 23 heavy (non-hydrogen) atoms. The third kappa shape index (κ3) is 3.61. The second-order valence-electron chi connectivity index (χ2n) is 6.82. The summed E-state index contributed by atoms with van der Waals surface area (Å²) in [5.74, 6) is 1.16. The Hall–Kier alpha value is -0.920. The first-order valence-corrected chi connectivity index (χ1v) is 8.82. The second-order valence-corrected chi connectivity index (χ2v) is 7.62. The summed E-state index contributed by atoms with van der Waals surface area (Å²) >= 11 is 3.50. The Bertz CT molecular complexity index is 571. The highest BCUT2D eigenvalue weighted by Gasteiger charge is 2.44. The van der Waals surface area contributed by atoms with E-state index in [4.69, 9.17) is 9.26 Å². The molecule has 1 aromatic heterocycles. The van der Waals surface area contributed by atoms with Crippen LogP contribution in [0.15, 0.2) is 9.00 Å². The maximum atomic E-state index is 12.7. The molecule has 0 bridgehead atoms. The summed E-state index contributed by atoms with van der Waals surface area (Å²) in [6.45, 7) is 13.1. The summed E-state index contributed by atoms with van der Waals surface area (Å²) in [5.41, 5.74) is -0.0520. The molecule has 1 saturated heterocycles. The van der Waals surface area contributed by atoms with Crippen molar-refractivity contribution < 1.29 is 14.1 Å². The van der Waals surface area contributed by atoms with E-state index in [-0.39, 0.29) is 23.6 Å². The van der Waals surface area contributed by atoms with Crippen molar-refractivity contribution in [1.29, 1.82) is 0 Å². The van der Waals surface area contributed by atoms with Gasteiger partial charge in [-0.1, -0.05) is 12.1 Å². The molecule has 0 aliphatic carbocycles. The van der Waals surface area contributed by atoms with Crippen LogP contribution in [0.1, 0.15) is 53.7 Å². The van der Waals surface area contributed by atoms with Gasteiger partial charge >= 0.3 is 0 Å². The molecular weight excluding hydrogens is 362 g/mol. The first-order chi connectivity index (χ1) is 10.7. The molecule has 1 amide bonds. The number of hydrogen-bond acceptors (Lipinski definition) is 5. The van der Waals surface area contributed by atoms with Crippen molar-refractivity contribution in [3.05, 3.63) is 10.2 Å². The van der Waals surface area contributed by atoms with E-state index in [1.54, 1.807) is 4.90 Å². The zero-order valence-corrected chi connectivity index (χ0v) is 16.3. The van der Waals surface area contributed by atoms with Crippen LogP contribution < -0.4 is 4.90 Å². The lowest BCUT2D eigenvalue weighted by Gasteiger charge is -2.36. The molecule has 1 unspecified atom stereocenters. The monoisotopic (exact) mass is 387 g/mol. The third-order valence-electron chi connectivity index (χ3n) is 4.51. The third-order valence-corrected chi connectivity index (χ3v) is 5.31. The van der Waals surface area contributed by atoms with Gasteiger partial charge < -0.3 is 9.26 Å². The predicted molar refractivity (Wildman–Crippen MR) is 92.2 cm³/mol. The van der Waals surface area contributed by atoms with Crippen molar-refractivity contribution in [3.8, 4) is 0 Å². The summed E-state index contributed by atoms with van der Waals surface area (Å²) in [6, 6.07) is -0.177. The zero-order valence-electron chi connectivity index (χ0n) is 14.7. The van der Waals surface area contributed by atoms with Crippen LogP contribution in [0.5, 0.6) is 0 Å². The minimum atomic E-state index is -0.177. The molecule has 1 aliphatic rings. The van der Waals surface area contributed by atoms with Crippen LogP contribution >= 0.6 is 15.9 Å². The van der Waals surface area contributed by atoms with Crippen LogP contribution in [0.25, 0.3) is 0 Å². The van der Waals surface area contributed by atoms with E-state index in [1.165, 1.54) is 0 Å². The minimum Gasteiger partial charge on any atom is -0.371 e. The molecular formula is C16H26BrN3O3. The Morgan fingerprint density at radius 2 is 2.13 bits per heavy atom. The molecule has 1 fully saturated rings. The molecule has 6 nitrogen and oxygen atoms in total. The van der Waals surface area contributed by atoms with Crippen LogP contribution in [0.2, 0.25) is 0 Å². The van der Waals surface area contributed by atoms with Gasteiger partial charge in [-0.25, -0.2) is 0 Å². The van der Waals surface area contributed by atoms with Crippen molar-refractivity contribution in [2.24, 2.45) is 0 Å². The molecule has 1 aliphatic heterocycles. The van der Waals surface area contributed by atoms with Gasteiger partial charge in [0.25, 0.3) is 0 Å². The average molecular weight is 388 g/mol. The van der Waals surface area contributed by atoms with Crippen LogP contribution in [0.3, 0.4) is 0 Å². The van der Waals surface area contributed by atoms with Gasteiger partial charge in [-0.15, -0.1) is 0 Å². The van der Waals surface area contributed by atoms with Crippen molar-refractivity contribution in [3.63, 3.8) is 0 Å². The number of carbonyl (C=O) groups is 1. The van der Waals surface area contributed by atoms with Crippen molar-refractivity contribution >= 4 is 27.7 Å². The molecule has 2 rings (SSSR count). The van der Waals surface area contributed by atoms with Crippen LogP contribution in [0.4, 0.5) is 5.82 Å². The number of nitrogens with zero attached hydrogens (tertiary/aromatic N) is 3. The lowest BCUT2D eigenvalue weighted by Crippen LogP contribution is -2.46. The SMILES string of the molecule is CCC(C)(C)N1CN(c2noc(COC(C)C)c2Br)C(=O)C1C. The van der Waals surface area contributed by atoms with E-state index in [0.717, 1.165) is 6.42 Å². The van der Waals surface area contributed by atoms with Gasteiger partial charge in [0, 0.05) is 5.54 Å². The van der Waals surface area contributed by atoms with Crippen molar-refractivity contribution in [1.82, 2.24) is 10.1 Å². The van der Waals surface area contributed by atoms with Crippen LogP contribution in [-0.2, 0) is 16.1 Å². The number of amides is 1. The van der Waals surface area contributed by atoms with E-state index in [1.807, 2.05) is 20.8 Å². The highest BCUT2D eigenvalue weighted by Crippen LogP contribution is 2.35. The minimum absolute atomic E-state index is 0.0388. The van der Waals surface area contributed by atoms with Gasteiger partial charge in [0.15, 0.2) is 11.6 Å².